The third kappa shape index (κ3) is 3.66. The number of amides is 1. The van der Waals surface area contributed by atoms with Gasteiger partial charge in [-0.05, 0) is 30.7 Å². The SMILES string of the molecule is Cc1ccccc1CNC(=O)[C@@H]1OCCN(C)[C@H]1c1ccccc1. The summed E-state index contributed by atoms with van der Waals surface area (Å²) >= 11 is 0. The fraction of sp³-hybridized carbons (Fsp3) is 0.350. The van der Waals surface area contributed by atoms with E-state index in [0.29, 0.717) is 13.2 Å². The van der Waals surface area contributed by atoms with E-state index in [-0.39, 0.29) is 11.9 Å². The number of carbonyl (C=O) groups excluding carboxylic acids is 1. The summed E-state index contributed by atoms with van der Waals surface area (Å²) in [4.78, 5) is 14.9. The highest BCUT2D eigenvalue weighted by Crippen LogP contribution is 2.28. The third-order valence-corrected chi connectivity index (χ3v) is 4.62. The number of carbonyl (C=O) groups is 1. The Hall–Kier alpha value is -2.17. The quantitative estimate of drug-likeness (QED) is 0.940. The van der Waals surface area contributed by atoms with E-state index in [9.17, 15) is 4.79 Å². The summed E-state index contributed by atoms with van der Waals surface area (Å²) in [5.41, 5.74) is 3.42. The van der Waals surface area contributed by atoms with Crippen LogP contribution in [-0.2, 0) is 16.1 Å². The summed E-state index contributed by atoms with van der Waals surface area (Å²) in [5, 5.41) is 3.04. The van der Waals surface area contributed by atoms with Crippen LogP contribution in [0.15, 0.2) is 54.6 Å². The topological polar surface area (TPSA) is 41.6 Å². The van der Waals surface area contributed by atoms with Gasteiger partial charge in [0.05, 0.1) is 12.6 Å². The molecule has 0 aromatic heterocycles. The molecular weight excluding hydrogens is 300 g/mol. The van der Waals surface area contributed by atoms with Gasteiger partial charge in [-0.2, -0.15) is 0 Å². The first-order valence-corrected chi connectivity index (χ1v) is 8.36. The summed E-state index contributed by atoms with van der Waals surface area (Å²) in [7, 11) is 2.04. The van der Waals surface area contributed by atoms with Crippen LogP contribution < -0.4 is 5.32 Å². The molecule has 0 saturated carbocycles. The van der Waals surface area contributed by atoms with Crippen LogP contribution in [0.25, 0.3) is 0 Å². The molecule has 0 aliphatic carbocycles. The van der Waals surface area contributed by atoms with Crippen LogP contribution in [0.5, 0.6) is 0 Å². The Labute approximate surface area is 143 Å². The van der Waals surface area contributed by atoms with Gasteiger partial charge in [-0.3, -0.25) is 9.69 Å². The first-order chi connectivity index (χ1) is 11.7. The lowest BCUT2D eigenvalue weighted by atomic mass is 9.97. The summed E-state index contributed by atoms with van der Waals surface area (Å²) in [6.45, 7) is 3.97. The van der Waals surface area contributed by atoms with Crippen molar-refractivity contribution in [3.8, 4) is 0 Å². The van der Waals surface area contributed by atoms with E-state index < -0.39 is 6.10 Å². The zero-order valence-corrected chi connectivity index (χ0v) is 14.2. The second kappa shape index (κ2) is 7.60. The van der Waals surface area contributed by atoms with Gasteiger partial charge in [-0.1, -0.05) is 54.6 Å². The van der Waals surface area contributed by atoms with E-state index in [1.807, 2.05) is 43.4 Å². The van der Waals surface area contributed by atoms with Crippen molar-refractivity contribution in [2.75, 3.05) is 20.2 Å². The summed E-state index contributed by atoms with van der Waals surface area (Å²) in [5.74, 6) is -0.0568. The second-order valence-corrected chi connectivity index (χ2v) is 6.27. The monoisotopic (exact) mass is 324 g/mol. The molecule has 4 nitrogen and oxygen atoms in total. The minimum Gasteiger partial charge on any atom is -0.365 e. The highest BCUT2D eigenvalue weighted by molar-refractivity contribution is 5.82. The fourth-order valence-electron chi connectivity index (χ4n) is 3.17. The van der Waals surface area contributed by atoms with Crippen molar-refractivity contribution in [2.45, 2.75) is 25.6 Å². The lowest BCUT2D eigenvalue weighted by Crippen LogP contribution is -2.50. The zero-order valence-electron chi connectivity index (χ0n) is 14.2. The number of nitrogens with zero attached hydrogens (tertiary/aromatic N) is 1. The van der Waals surface area contributed by atoms with Crippen LogP contribution in [0.1, 0.15) is 22.7 Å². The Bertz CT molecular complexity index is 687. The normalized spacial score (nSPS) is 21.4. The maximum atomic E-state index is 12.7. The molecule has 0 spiro atoms. The molecule has 1 heterocycles. The maximum Gasteiger partial charge on any atom is 0.251 e. The molecule has 1 aliphatic rings. The largest absolute Gasteiger partial charge is 0.365 e. The average Bonchev–Trinajstić information content (AvgIpc) is 2.61. The van der Waals surface area contributed by atoms with Gasteiger partial charge in [-0.15, -0.1) is 0 Å². The Morgan fingerprint density at radius 3 is 2.62 bits per heavy atom. The number of benzene rings is 2. The van der Waals surface area contributed by atoms with Crippen LogP contribution in [0.4, 0.5) is 0 Å². The molecule has 1 N–H and O–H groups in total. The minimum atomic E-state index is -0.491. The molecule has 1 saturated heterocycles. The standard InChI is InChI=1S/C20H24N2O2/c1-15-8-6-7-11-17(15)14-21-20(23)19-18(22(2)12-13-24-19)16-9-4-3-5-10-16/h3-11,18-19H,12-14H2,1-2H3,(H,21,23)/t18-,19+/m0/s1. The number of likely N-dealkylation sites (N-methyl/N-ethyl adjacent to an activating group) is 1. The summed E-state index contributed by atoms with van der Waals surface area (Å²) in [6.07, 6.45) is -0.491. The van der Waals surface area contributed by atoms with Crippen molar-refractivity contribution in [1.29, 1.82) is 0 Å². The number of hydrogen-bond donors (Lipinski definition) is 1. The minimum absolute atomic E-state index is 0.0568. The number of aryl methyl sites for hydroxylation is 1. The van der Waals surface area contributed by atoms with Gasteiger partial charge in [0.15, 0.2) is 6.10 Å². The number of rotatable bonds is 4. The molecule has 24 heavy (non-hydrogen) atoms. The van der Waals surface area contributed by atoms with Crippen LogP contribution in [-0.4, -0.2) is 37.1 Å². The zero-order chi connectivity index (χ0) is 16.9. The van der Waals surface area contributed by atoms with Crippen molar-refractivity contribution < 1.29 is 9.53 Å². The smallest absolute Gasteiger partial charge is 0.251 e. The van der Waals surface area contributed by atoms with Gasteiger partial charge in [0.1, 0.15) is 0 Å². The van der Waals surface area contributed by atoms with Gasteiger partial charge < -0.3 is 10.1 Å². The van der Waals surface area contributed by atoms with E-state index in [1.165, 1.54) is 5.56 Å². The highest BCUT2D eigenvalue weighted by atomic mass is 16.5. The molecule has 2 atom stereocenters. The van der Waals surface area contributed by atoms with E-state index in [1.54, 1.807) is 0 Å². The molecule has 1 aliphatic heterocycles. The van der Waals surface area contributed by atoms with Gasteiger partial charge in [0, 0.05) is 13.1 Å². The van der Waals surface area contributed by atoms with E-state index in [0.717, 1.165) is 17.7 Å². The number of nitrogens with one attached hydrogen (secondary N) is 1. The summed E-state index contributed by atoms with van der Waals surface area (Å²) < 4.78 is 5.84. The van der Waals surface area contributed by atoms with Gasteiger partial charge in [0.25, 0.3) is 5.91 Å². The van der Waals surface area contributed by atoms with E-state index >= 15 is 0 Å². The number of ether oxygens (including phenoxy) is 1. The predicted octanol–water partition coefficient (Wildman–Crippen LogP) is 2.68. The first-order valence-electron chi connectivity index (χ1n) is 8.36. The van der Waals surface area contributed by atoms with Crippen molar-refractivity contribution in [3.63, 3.8) is 0 Å². The molecule has 1 fully saturated rings. The van der Waals surface area contributed by atoms with Crippen molar-refractivity contribution in [3.05, 3.63) is 71.3 Å². The fourth-order valence-corrected chi connectivity index (χ4v) is 3.17. The Balaban J connectivity index is 1.73. The predicted molar refractivity (Wildman–Crippen MR) is 94.6 cm³/mol. The van der Waals surface area contributed by atoms with Gasteiger partial charge in [-0.25, -0.2) is 0 Å². The number of morpholine rings is 1. The van der Waals surface area contributed by atoms with Crippen LogP contribution in [0, 0.1) is 6.92 Å². The Morgan fingerprint density at radius 2 is 1.88 bits per heavy atom. The van der Waals surface area contributed by atoms with Crippen molar-refractivity contribution >= 4 is 5.91 Å². The molecule has 0 bridgehead atoms. The molecule has 1 amide bonds. The molecule has 0 unspecified atom stereocenters. The summed E-state index contributed by atoms with van der Waals surface area (Å²) in [6, 6.07) is 18.1. The molecule has 126 valence electrons. The van der Waals surface area contributed by atoms with E-state index in [2.05, 4.69) is 35.3 Å². The maximum absolute atomic E-state index is 12.7. The first kappa shape index (κ1) is 16.7. The van der Waals surface area contributed by atoms with Crippen LogP contribution in [0.3, 0.4) is 0 Å². The van der Waals surface area contributed by atoms with Crippen molar-refractivity contribution in [2.24, 2.45) is 0 Å². The lowest BCUT2D eigenvalue weighted by Gasteiger charge is -2.38. The highest BCUT2D eigenvalue weighted by Gasteiger charge is 2.36. The third-order valence-electron chi connectivity index (χ3n) is 4.62. The molecule has 4 heteroatoms. The molecule has 2 aromatic carbocycles. The Morgan fingerprint density at radius 1 is 1.17 bits per heavy atom. The molecular formula is C20H24N2O2. The molecule has 2 aromatic rings. The van der Waals surface area contributed by atoms with Gasteiger partial charge >= 0.3 is 0 Å². The average molecular weight is 324 g/mol. The van der Waals surface area contributed by atoms with Crippen molar-refractivity contribution in [1.82, 2.24) is 10.2 Å². The second-order valence-electron chi connectivity index (χ2n) is 6.27. The van der Waals surface area contributed by atoms with E-state index in [4.69, 9.17) is 4.74 Å². The molecule has 3 rings (SSSR count). The van der Waals surface area contributed by atoms with Crippen LogP contribution >= 0.6 is 0 Å². The number of hydrogen-bond acceptors (Lipinski definition) is 3. The van der Waals surface area contributed by atoms with Gasteiger partial charge in [0.2, 0.25) is 0 Å². The lowest BCUT2D eigenvalue weighted by molar-refractivity contribution is -0.144. The molecule has 0 radical (unpaired) electrons. The Kier molecular flexibility index (Phi) is 5.28. The van der Waals surface area contributed by atoms with Crippen LogP contribution in [0.2, 0.25) is 0 Å².